The molecule has 6 rings (SSSR count). The molecule has 0 saturated carbocycles. The average molecular weight is 587 g/mol. The summed E-state index contributed by atoms with van der Waals surface area (Å²) in [7, 11) is 0. The Morgan fingerprint density at radius 1 is 1.10 bits per heavy atom. The molecular weight excluding hydrogens is 556 g/mol. The normalized spacial score (nSPS) is 18.7. The maximum absolute atomic E-state index is 13.9. The minimum Gasteiger partial charge on any atom is -0.376 e. The monoisotopic (exact) mass is 586 g/mol. The Labute approximate surface area is 248 Å². The van der Waals surface area contributed by atoms with E-state index in [-0.39, 0.29) is 35.5 Å². The Hall–Kier alpha value is -3.59. The zero-order valence-corrected chi connectivity index (χ0v) is 24.3. The first-order valence-corrected chi connectivity index (χ1v) is 15.2. The Bertz CT molecular complexity index is 1570. The van der Waals surface area contributed by atoms with Gasteiger partial charge < -0.3 is 10.1 Å². The van der Waals surface area contributed by atoms with E-state index < -0.39 is 0 Å². The van der Waals surface area contributed by atoms with Gasteiger partial charge in [-0.05, 0) is 37.5 Å². The summed E-state index contributed by atoms with van der Waals surface area (Å²) < 4.78 is 7.41. The van der Waals surface area contributed by atoms with Crippen LogP contribution in [0.3, 0.4) is 0 Å². The Morgan fingerprint density at radius 3 is 2.66 bits per heavy atom. The molecule has 9 heteroatoms. The number of ether oxygens (including phenoxy) is 1. The minimum absolute atomic E-state index is 0.00828. The van der Waals surface area contributed by atoms with Gasteiger partial charge in [-0.15, -0.1) is 11.8 Å². The number of nitrogens with one attached hydrogen (secondary N) is 1. The van der Waals surface area contributed by atoms with Crippen molar-refractivity contribution in [2.45, 2.75) is 31.1 Å². The molecule has 1 N–H and O–H groups in total. The number of amides is 2. The number of hydrogen-bond donors (Lipinski definition) is 1. The second-order valence-corrected chi connectivity index (χ2v) is 11.8. The third kappa shape index (κ3) is 5.77. The number of anilines is 1. The molecule has 3 aromatic carbocycles. The van der Waals surface area contributed by atoms with Crippen molar-refractivity contribution < 1.29 is 14.3 Å². The van der Waals surface area contributed by atoms with Crippen LogP contribution in [-0.2, 0) is 14.3 Å². The van der Waals surface area contributed by atoms with Gasteiger partial charge in [0, 0.05) is 24.3 Å². The number of aromatic nitrogens is 2. The van der Waals surface area contributed by atoms with Gasteiger partial charge in [-0.25, -0.2) is 4.68 Å². The van der Waals surface area contributed by atoms with Gasteiger partial charge in [0.2, 0.25) is 11.8 Å². The summed E-state index contributed by atoms with van der Waals surface area (Å²) in [6, 6.07) is 25.7. The van der Waals surface area contributed by atoms with Crippen molar-refractivity contribution >= 4 is 41.0 Å². The molecule has 41 heavy (non-hydrogen) atoms. The SMILES string of the molecule is Cc1cccc([C@@H]2SCC(=O)N(CC(=O)NC[C@H]3CCCO3)c3c2c(-c2ccccc2)nn3-c2ccccc2Cl)c1. The molecule has 3 heterocycles. The smallest absolute Gasteiger partial charge is 0.240 e. The highest BCUT2D eigenvalue weighted by molar-refractivity contribution is 8.00. The maximum Gasteiger partial charge on any atom is 0.240 e. The van der Waals surface area contributed by atoms with Gasteiger partial charge in [0.15, 0.2) is 0 Å². The Kier molecular flexibility index (Phi) is 8.14. The first-order valence-electron chi connectivity index (χ1n) is 13.8. The number of carbonyl (C=O) groups excluding carboxylic acids is 2. The molecule has 0 unspecified atom stereocenters. The summed E-state index contributed by atoms with van der Waals surface area (Å²) in [6.07, 6.45) is 1.92. The quantitative estimate of drug-likeness (QED) is 0.289. The average Bonchev–Trinajstić information content (AvgIpc) is 3.61. The largest absolute Gasteiger partial charge is 0.376 e. The molecule has 0 aliphatic carbocycles. The van der Waals surface area contributed by atoms with Crippen LogP contribution in [0.25, 0.3) is 16.9 Å². The van der Waals surface area contributed by atoms with Crippen LogP contribution in [0.15, 0.2) is 78.9 Å². The molecule has 2 aliphatic rings. The van der Waals surface area contributed by atoms with E-state index in [9.17, 15) is 9.59 Å². The van der Waals surface area contributed by atoms with E-state index in [1.54, 1.807) is 27.4 Å². The number of carbonyl (C=O) groups is 2. The molecule has 2 atom stereocenters. The number of nitrogens with zero attached hydrogens (tertiary/aromatic N) is 3. The van der Waals surface area contributed by atoms with Crippen molar-refractivity contribution in [2.75, 3.05) is 30.3 Å². The van der Waals surface area contributed by atoms with Gasteiger partial charge in [0.25, 0.3) is 0 Å². The summed E-state index contributed by atoms with van der Waals surface area (Å²) in [6.45, 7) is 3.07. The van der Waals surface area contributed by atoms with Gasteiger partial charge in [0.1, 0.15) is 12.4 Å². The summed E-state index contributed by atoms with van der Waals surface area (Å²) in [5.74, 6) is 0.368. The van der Waals surface area contributed by atoms with Crippen LogP contribution in [0.4, 0.5) is 5.82 Å². The number of halogens is 1. The van der Waals surface area contributed by atoms with Gasteiger partial charge in [-0.2, -0.15) is 5.10 Å². The lowest BCUT2D eigenvalue weighted by Gasteiger charge is -2.24. The number of hydrogen-bond acceptors (Lipinski definition) is 5. The molecule has 1 fully saturated rings. The second kappa shape index (κ2) is 12.1. The van der Waals surface area contributed by atoms with E-state index in [1.165, 1.54) is 0 Å². The topological polar surface area (TPSA) is 76.5 Å². The van der Waals surface area contributed by atoms with Crippen molar-refractivity contribution in [2.24, 2.45) is 0 Å². The number of rotatable bonds is 7. The van der Waals surface area contributed by atoms with E-state index >= 15 is 0 Å². The highest BCUT2D eigenvalue weighted by atomic mass is 35.5. The molecule has 0 bridgehead atoms. The number of fused-ring (bicyclic) bond motifs is 1. The van der Waals surface area contributed by atoms with Crippen molar-refractivity contribution in [3.63, 3.8) is 0 Å². The van der Waals surface area contributed by atoms with Crippen molar-refractivity contribution in [3.05, 3.63) is 101 Å². The number of aryl methyl sites for hydroxylation is 1. The molecule has 210 valence electrons. The van der Waals surface area contributed by atoms with Crippen LogP contribution in [0.5, 0.6) is 0 Å². The molecule has 2 amide bonds. The third-order valence-corrected chi connectivity index (χ3v) is 8.99. The van der Waals surface area contributed by atoms with Crippen LogP contribution in [0, 0.1) is 6.92 Å². The van der Waals surface area contributed by atoms with E-state index in [0.29, 0.717) is 29.7 Å². The highest BCUT2D eigenvalue weighted by Crippen LogP contribution is 2.49. The van der Waals surface area contributed by atoms with Crippen LogP contribution in [0.1, 0.15) is 34.8 Å². The fourth-order valence-electron chi connectivity index (χ4n) is 5.45. The predicted octanol–water partition coefficient (Wildman–Crippen LogP) is 5.97. The van der Waals surface area contributed by atoms with E-state index in [0.717, 1.165) is 40.8 Å². The number of benzene rings is 3. The van der Waals surface area contributed by atoms with Crippen LogP contribution in [0.2, 0.25) is 5.02 Å². The molecule has 0 spiro atoms. The lowest BCUT2D eigenvalue weighted by molar-refractivity contribution is -0.123. The van der Waals surface area contributed by atoms with Crippen molar-refractivity contribution in [1.29, 1.82) is 0 Å². The van der Waals surface area contributed by atoms with Crippen molar-refractivity contribution in [3.8, 4) is 16.9 Å². The van der Waals surface area contributed by atoms with E-state index in [2.05, 4.69) is 30.4 Å². The second-order valence-electron chi connectivity index (χ2n) is 10.3. The molecule has 1 aromatic heterocycles. The van der Waals surface area contributed by atoms with E-state index in [4.69, 9.17) is 21.4 Å². The standard InChI is InChI=1S/C32H31ClN4O3S/c1-21-9-7-12-23(17-21)31-29-30(22-10-3-2-4-11-22)35-37(26-15-6-5-14-25(26)33)32(29)36(28(39)20-41-31)19-27(38)34-18-24-13-8-16-40-24/h2-7,9-12,14-15,17,24,31H,8,13,16,18-20H2,1H3,(H,34,38)/t24-,31+/m1/s1. The van der Waals surface area contributed by atoms with Crippen molar-refractivity contribution in [1.82, 2.24) is 15.1 Å². The fourth-order valence-corrected chi connectivity index (χ4v) is 6.85. The van der Waals surface area contributed by atoms with Crippen LogP contribution >= 0.6 is 23.4 Å². The zero-order valence-electron chi connectivity index (χ0n) is 22.8. The number of thioether (sulfide) groups is 1. The summed E-state index contributed by atoms with van der Waals surface area (Å²) in [5, 5.41) is 8.39. The lowest BCUT2D eigenvalue weighted by atomic mass is 9.98. The maximum atomic E-state index is 13.9. The number of para-hydroxylation sites is 1. The molecule has 4 aromatic rings. The highest BCUT2D eigenvalue weighted by Gasteiger charge is 2.38. The first-order chi connectivity index (χ1) is 20.0. The van der Waals surface area contributed by atoms with Gasteiger partial charge >= 0.3 is 0 Å². The van der Waals surface area contributed by atoms with Gasteiger partial charge in [-0.1, -0.05) is 83.9 Å². The van der Waals surface area contributed by atoms with E-state index in [1.807, 2.05) is 54.6 Å². The molecule has 2 aliphatic heterocycles. The first kappa shape index (κ1) is 27.6. The Balaban J connectivity index is 1.53. The molecule has 7 nitrogen and oxygen atoms in total. The van der Waals surface area contributed by atoms with Crippen LogP contribution < -0.4 is 10.2 Å². The molecular formula is C32H31ClN4O3S. The van der Waals surface area contributed by atoms with Gasteiger partial charge in [0.05, 0.1) is 33.5 Å². The lowest BCUT2D eigenvalue weighted by Crippen LogP contribution is -2.44. The summed E-state index contributed by atoms with van der Waals surface area (Å²) >= 11 is 8.27. The zero-order chi connectivity index (χ0) is 28.3. The predicted molar refractivity (Wildman–Crippen MR) is 164 cm³/mol. The minimum atomic E-state index is -0.244. The summed E-state index contributed by atoms with van der Waals surface area (Å²) in [4.78, 5) is 28.7. The Morgan fingerprint density at radius 2 is 1.90 bits per heavy atom. The third-order valence-electron chi connectivity index (χ3n) is 7.41. The van der Waals surface area contributed by atoms with Gasteiger partial charge in [-0.3, -0.25) is 14.5 Å². The fraction of sp³-hybridized carbons (Fsp3) is 0.281. The summed E-state index contributed by atoms with van der Waals surface area (Å²) in [5.41, 5.74) is 5.39. The molecule has 0 radical (unpaired) electrons. The molecule has 1 saturated heterocycles. The van der Waals surface area contributed by atoms with Crippen LogP contribution in [-0.4, -0.2) is 53.1 Å².